The summed E-state index contributed by atoms with van der Waals surface area (Å²) >= 11 is 0. The molecule has 2 rings (SSSR count). The number of rotatable bonds is 4. The van der Waals surface area contributed by atoms with Crippen LogP contribution in [-0.4, -0.2) is 18.3 Å². The minimum absolute atomic E-state index is 0.208. The fourth-order valence-corrected chi connectivity index (χ4v) is 3.38. The van der Waals surface area contributed by atoms with Crippen molar-refractivity contribution in [2.75, 3.05) is 7.11 Å². The molecule has 1 aromatic carbocycles. The number of hydrogen-bond donors (Lipinski definition) is 2. The summed E-state index contributed by atoms with van der Waals surface area (Å²) in [7, 11) is 1.66. The highest BCUT2D eigenvalue weighted by Crippen LogP contribution is 2.39. The predicted octanol–water partition coefficient (Wildman–Crippen LogP) is 3.06. The van der Waals surface area contributed by atoms with Crippen LogP contribution in [0.5, 0.6) is 5.75 Å². The van der Waals surface area contributed by atoms with Crippen LogP contribution < -0.4 is 10.5 Å². The Morgan fingerprint density at radius 3 is 2.40 bits per heavy atom. The summed E-state index contributed by atoms with van der Waals surface area (Å²) in [4.78, 5) is 0. The summed E-state index contributed by atoms with van der Waals surface area (Å²) < 4.78 is 5.19. The van der Waals surface area contributed by atoms with Gasteiger partial charge in [-0.25, -0.2) is 0 Å². The number of aliphatic hydroxyl groups excluding tert-OH is 1. The lowest BCUT2D eigenvalue weighted by molar-refractivity contribution is 0.0193. The van der Waals surface area contributed by atoms with Crippen molar-refractivity contribution in [3.05, 3.63) is 29.8 Å². The minimum Gasteiger partial charge on any atom is -0.497 e. The SMILES string of the molecule is COc1ccc([C@](C)(N)C(C)C2CCCCC2O)cc1. The number of benzene rings is 1. The van der Waals surface area contributed by atoms with E-state index >= 15 is 0 Å². The van der Waals surface area contributed by atoms with E-state index in [0.717, 1.165) is 30.6 Å². The topological polar surface area (TPSA) is 55.5 Å². The molecule has 0 radical (unpaired) electrons. The molecule has 3 nitrogen and oxygen atoms in total. The van der Waals surface area contributed by atoms with Crippen molar-refractivity contribution in [2.45, 2.75) is 51.2 Å². The van der Waals surface area contributed by atoms with Gasteiger partial charge < -0.3 is 15.6 Å². The number of aliphatic hydroxyl groups is 1. The molecule has 4 atom stereocenters. The van der Waals surface area contributed by atoms with Gasteiger partial charge in [0.25, 0.3) is 0 Å². The largest absolute Gasteiger partial charge is 0.497 e. The van der Waals surface area contributed by atoms with E-state index in [-0.39, 0.29) is 12.0 Å². The summed E-state index contributed by atoms with van der Waals surface area (Å²) in [6.07, 6.45) is 4.11. The van der Waals surface area contributed by atoms with Crippen LogP contribution in [0.25, 0.3) is 0 Å². The van der Waals surface area contributed by atoms with E-state index < -0.39 is 5.54 Å². The van der Waals surface area contributed by atoms with Gasteiger partial charge >= 0.3 is 0 Å². The van der Waals surface area contributed by atoms with Gasteiger partial charge in [-0.05, 0) is 49.3 Å². The van der Waals surface area contributed by atoms with Gasteiger partial charge in [-0.3, -0.25) is 0 Å². The summed E-state index contributed by atoms with van der Waals surface area (Å²) in [5.41, 5.74) is 7.28. The Morgan fingerprint density at radius 2 is 1.85 bits per heavy atom. The Kier molecular flexibility index (Phi) is 4.71. The third-order valence-electron chi connectivity index (χ3n) is 5.08. The van der Waals surface area contributed by atoms with Crippen molar-refractivity contribution in [3.63, 3.8) is 0 Å². The zero-order chi connectivity index (χ0) is 14.8. The maximum absolute atomic E-state index is 10.3. The van der Waals surface area contributed by atoms with Gasteiger partial charge in [0.15, 0.2) is 0 Å². The van der Waals surface area contributed by atoms with Gasteiger partial charge in [0.05, 0.1) is 13.2 Å². The second kappa shape index (κ2) is 6.15. The van der Waals surface area contributed by atoms with E-state index in [1.807, 2.05) is 24.3 Å². The summed E-state index contributed by atoms with van der Waals surface area (Å²) in [6, 6.07) is 7.96. The molecule has 0 aromatic heterocycles. The normalized spacial score (nSPS) is 27.6. The Morgan fingerprint density at radius 1 is 1.25 bits per heavy atom. The number of hydrogen-bond acceptors (Lipinski definition) is 3. The molecule has 20 heavy (non-hydrogen) atoms. The first-order valence-corrected chi connectivity index (χ1v) is 7.58. The van der Waals surface area contributed by atoms with E-state index in [1.165, 1.54) is 6.42 Å². The van der Waals surface area contributed by atoms with Gasteiger partial charge in [0, 0.05) is 5.54 Å². The first kappa shape index (κ1) is 15.3. The Balaban J connectivity index is 2.18. The van der Waals surface area contributed by atoms with Crippen LogP contribution in [-0.2, 0) is 5.54 Å². The number of methoxy groups -OCH3 is 1. The molecule has 0 bridgehead atoms. The van der Waals surface area contributed by atoms with Gasteiger partial charge in [0.2, 0.25) is 0 Å². The monoisotopic (exact) mass is 277 g/mol. The molecule has 1 aliphatic rings. The molecule has 1 saturated carbocycles. The second-order valence-corrected chi connectivity index (χ2v) is 6.32. The van der Waals surface area contributed by atoms with Gasteiger partial charge in [-0.15, -0.1) is 0 Å². The van der Waals surface area contributed by atoms with Crippen molar-refractivity contribution in [3.8, 4) is 5.75 Å². The molecule has 3 unspecified atom stereocenters. The van der Waals surface area contributed by atoms with E-state index in [2.05, 4.69) is 13.8 Å². The van der Waals surface area contributed by atoms with Crippen LogP contribution in [0.1, 0.15) is 45.1 Å². The Bertz CT molecular complexity index is 427. The average Bonchev–Trinajstić information content (AvgIpc) is 2.47. The molecule has 1 aromatic rings. The lowest BCUT2D eigenvalue weighted by Gasteiger charge is -2.41. The molecule has 0 spiro atoms. The van der Waals surface area contributed by atoms with Crippen molar-refractivity contribution < 1.29 is 9.84 Å². The molecule has 0 heterocycles. The lowest BCUT2D eigenvalue weighted by atomic mass is 9.68. The fourth-order valence-electron chi connectivity index (χ4n) is 3.38. The molecule has 3 N–H and O–H groups in total. The molecule has 3 heteroatoms. The first-order valence-electron chi connectivity index (χ1n) is 7.58. The maximum Gasteiger partial charge on any atom is 0.118 e. The molecular weight excluding hydrogens is 250 g/mol. The van der Waals surface area contributed by atoms with Crippen molar-refractivity contribution in [1.29, 1.82) is 0 Å². The predicted molar refractivity (Wildman–Crippen MR) is 81.7 cm³/mol. The fraction of sp³-hybridized carbons (Fsp3) is 0.647. The van der Waals surface area contributed by atoms with Crippen LogP contribution in [0.4, 0.5) is 0 Å². The van der Waals surface area contributed by atoms with Crippen LogP contribution in [0.2, 0.25) is 0 Å². The smallest absolute Gasteiger partial charge is 0.118 e. The second-order valence-electron chi connectivity index (χ2n) is 6.32. The van der Waals surface area contributed by atoms with E-state index in [4.69, 9.17) is 10.5 Å². The average molecular weight is 277 g/mol. The first-order chi connectivity index (χ1) is 9.46. The highest BCUT2D eigenvalue weighted by molar-refractivity contribution is 5.32. The lowest BCUT2D eigenvalue weighted by Crippen LogP contribution is -2.47. The Hall–Kier alpha value is -1.06. The molecule has 1 fully saturated rings. The maximum atomic E-state index is 10.3. The van der Waals surface area contributed by atoms with Crippen LogP contribution >= 0.6 is 0 Å². The third-order valence-corrected chi connectivity index (χ3v) is 5.08. The molecule has 112 valence electrons. The van der Waals surface area contributed by atoms with Gasteiger partial charge in [0.1, 0.15) is 5.75 Å². The minimum atomic E-state index is -0.435. The van der Waals surface area contributed by atoms with Crippen LogP contribution in [0.3, 0.4) is 0 Å². The quantitative estimate of drug-likeness (QED) is 0.889. The van der Waals surface area contributed by atoms with Crippen molar-refractivity contribution in [2.24, 2.45) is 17.6 Å². The third kappa shape index (κ3) is 2.99. The molecule has 0 amide bonds. The van der Waals surface area contributed by atoms with Crippen molar-refractivity contribution in [1.82, 2.24) is 0 Å². The summed E-state index contributed by atoms with van der Waals surface area (Å²) in [5, 5.41) is 10.3. The zero-order valence-corrected chi connectivity index (χ0v) is 12.8. The molecule has 1 aliphatic carbocycles. The van der Waals surface area contributed by atoms with E-state index in [1.54, 1.807) is 7.11 Å². The molecule has 0 saturated heterocycles. The summed E-state index contributed by atoms with van der Waals surface area (Å²) in [6.45, 7) is 4.24. The Labute approximate surface area is 122 Å². The van der Waals surface area contributed by atoms with Gasteiger partial charge in [-0.1, -0.05) is 31.9 Å². The van der Waals surface area contributed by atoms with Crippen LogP contribution in [0, 0.1) is 11.8 Å². The molecular formula is C17H27NO2. The zero-order valence-electron chi connectivity index (χ0n) is 12.8. The van der Waals surface area contributed by atoms with Gasteiger partial charge in [-0.2, -0.15) is 0 Å². The summed E-state index contributed by atoms with van der Waals surface area (Å²) in [5.74, 6) is 1.38. The van der Waals surface area contributed by atoms with Crippen LogP contribution in [0.15, 0.2) is 24.3 Å². The molecule has 0 aliphatic heterocycles. The van der Waals surface area contributed by atoms with E-state index in [9.17, 15) is 5.11 Å². The highest BCUT2D eigenvalue weighted by Gasteiger charge is 2.38. The highest BCUT2D eigenvalue weighted by atomic mass is 16.5. The van der Waals surface area contributed by atoms with Crippen molar-refractivity contribution >= 4 is 0 Å². The van der Waals surface area contributed by atoms with E-state index in [0.29, 0.717) is 5.92 Å². The number of nitrogens with two attached hydrogens (primary N) is 1. The number of ether oxygens (including phenoxy) is 1. The standard InChI is InChI=1S/C17H27NO2/c1-12(15-6-4-5-7-16(15)19)17(2,18)13-8-10-14(20-3)11-9-13/h8-12,15-16,19H,4-7,18H2,1-3H3/t12?,15?,16?,17-/m1/s1.